The smallest absolute Gasteiger partial charge is 0.319 e. The number of piperidine rings is 1. The summed E-state index contributed by atoms with van der Waals surface area (Å²) in [4.78, 5) is 18.1. The minimum Gasteiger partial charge on any atom is -0.459 e. The van der Waals surface area contributed by atoms with Crippen LogP contribution in [-0.4, -0.2) is 76.9 Å². The summed E-state index contributed by atoms with van der Waals surface area (Å²) in [6, 6.07) is 4.97. The van der Waals surface area contributed by atoms with Crippen LogP contribution in [0.2, 0.25) is 5.02 Å². The molecule has 2 aromatic carbocycles. The molecule has 4 aliphatic rings. The van der Waals surface area contributed by atoms with Gasteiger partial charge in [-0.25, -0.2) is 18.2 Å². The van der Waals surface area contributed by atoms with E-state index in [1.54, 1.807) is 6.07 Å². The number of ether oxygens (including phenoxy) is 1. The van der Waals surface area contributed by atoms with Crippen molar-refractivity contribution in [3.05, 3.63) is 34.9 Å². The van der Waals surface area contributed by atoms with Crippen LogP contribution in [0.15, 0.2) is 18.2 Å². The van der Waals surface area contributed by atoms with E-state index in [-0.39, 0.29) is 49.6 Å². The number of halogens is 4. The summed E-state index contributed by atoms with van der Waals surface area (Å²) in [5.74, 6) is -0.565. The Kier molecular flexibility index (Phi) is 7.73. The number of nitrogens with zero attached hydrogens (tertiary/aromatic N) is 5. The van der Waals surface area contributed by atoms with E-state index in [4.69, 9.17) is 27.1 Å². The van der Waals surface area contributed by atoms with Crippen LogP contribution >= 0.6 is 22.9 Å². The minimum absolute atomic E-state index is 0.0674. The molecular weight excluding hydrogens is 599 g/mol. The van der Waals surface area contributed by atoms with Gasteiger partial charge in [0.1, 0.15) is 29.4 Å². The van der Waals surface area contributed by atoms with Gasteiger partial charge in [0.25, 0.3) is 0 Å². The minimum atomic E-state index is -0.760. The maximum atomic E-state index is 16.7. The van der Waals surface area contributed by atoms with Gasteiger partial charge in [0.05, 0.1) is 15.2 Å². The first-order valence-electron chi connectivity index (χ1n) is 14.8. The third kappa shape index (κ3) is 5.47. The number of nitrogens with two attached hydrogens (primary N) is 1. The molecule has 0 radical (unpaired) electrons. The standard InChI is InChI=1S/C30H33ClF3N7OS/c1-15(13-40-9-7-16(32)8-10-40)42-30-38-25-20(28(39-30)41-14-17-3-2-4-18(41)12-36-17)11-21(31)23(24(25)34)19-5-6-22(33)27-26(19)37-29(35)43-27/h5-6,11,15-18,36H,2-4,7-10,12-14H2,1H3,(H2,35,37)/t15-,17?,18?/m0/s1. The summed E-state index contributed by atoms with van der Waals surface area (Å²) < 4.78 is 51.5. The van der Waals surface area contributed by atoms with Gasteiger partial charge in [-0.1, -0.05) is 22.9 Å². The van der Waals surface area contributed by atoms with Crippen LogP contribution in [-0.2, 0) is 0 Å². The fraction of sp³-hybridized carbons (Fsp3) is 0.500. The van der Waals surface area contributed by atoms with Crippen molar-refractivity contribution in [1.29, 1.82) is 0 Å². The second kappa shape index (κ2) is 11.5. The molecule has 2 unspecified atom stereocenters. The highest BCUT2D eigenvalue weighted by atomic mass is 35.5. The molecule has 4 saturated heterocycles. The molecule has 13 heteroatoms. The van der Waals surface area contributed by atoms with Crippen molar-refractivity contribution < 1.29 is 17.9 Å². The normalized spacial score (nSPS) is 22.4. The van der Waals surface area contributed by atoms with Crippen molar-refractivity contribution in [1.82, 2.24) is 25.2 Å². The second-order valence-electron chi connectivity index (χ2n) is 11.8. The number of hydrogen-bond acceptors (Lipinski definition) is 9. The number of likely N-dealkylation sites (tertiary alicyclic amines) is 1. The second-order valence-corrected chi connectivity index (χ2v) is 13.3. The van der Waals surface area contributed by atoms with E-state index in [9.17, 15) is 8.78 Å². The number of piperazine rings is 1. The first-order chi connectivity index (χ1) is 20.7. The lowest BCUT2D eigenvalue weighted by Gasteiger charge is -2.39. The zero-order chi connectivity index (χ0) is 29.8. The van der Waals surface area contributed by atoms with E-state index < -0.39 is 17.8 Å². The summed E-state index contributed by atoms with van der Waals surface area (Å²) in [7, 11) is 0. The van der Waals surface area contributed by atoms with E-state index in [0.717, 1.165) is 43.7 Å². The molecule has 0 aliphatic carbocycles. The number of nitrogens with one attached hydrogen (secondary N) is 1. The highest BCUT2D eigenvalue weighted by Gasteiger charge is 2.34. The average molecular weight is 632 g/mol. The maximum Gasteiger partial charge on any atom is 0.319 e. The van der Waals surface area contributed by atoms with E-state index in [0.29, 0.717) is 55.3 Å². The number of nitrogen functional groups attached to an aromatic ring is 1. The molecule has 0 saturated carbocycles. The molecule has 0 spiro atoms. The quantitative estimate of drug-likeness (QED) is 0.270. The maximum absolute atomic E-state index is 16.7. The van der Waals surface area contributed by atoms with Crippen molar-refractivity contribution >= 4 is 55.0 Å². The highest BCUT2D eigenvalue weighted by molar-refractivity contribution is 7.22. The monoisotopic (exact) mass is 631 g/mol. The summed E-state index contributed by atoms with van der Waals surface area (Å²) in [5.41, 5.74) is 6.62. The Morgan fingerprint density at radius 1 is 1.14 bits per heavy atom. The number of fused-ring (bicyclic) bond motifs is 6. The number of thiazole rings is 1. The van der Waals surface area contributed by atoms with Crippen molar-refractivity contribution in [2.24, 2.45) is 0 Å². The first kappa shape index (κ1) is 28.8. The van der Waals surface area contributed by atoms with E-state index >= 15 is 4.39 Å². The molecule has 4 aromatic rings. The van der Waals surface area contributed by atoms with Crippen LogP contribution in [0.4, 0.5) is 24.1 Å². The lowest BCUT2D eigenvalue weighted by molar-refractivity contribution is 0.0965. The van der Waals surface area contributed by atoms with Crippen molar-refractivity contribution in [2.45, 2.75) is 63.4 Å². The van der Waals surface area contributed by atoms with Gasteiger partial charge >= 0.3 is 6.01 Å². The van der Waals surface area contributed by atoms with E-state index in [1.165, 1.54) is 12.1 Å². The summed E-state index contributed by atoms with van der Waals surface area (Å²) >= 11 is 7.82. The molecule has 6 heterocycles. The molecule has 3 atom stereocenters. The van der Waals surface area contributed by atoms with Crippen LogP contribution < -0.4 is 20.7 Å². The molecule has 3 N–H and O–H groups in total. The van der Waals surface area contributed by atoms with Crippen LogP contribution in [0.5, 0.6) is 6.01 Å². The molecule has 2 bridgehead atoms. The number of hydrogen-bond donors (Lipinski definition) is 2. The Morgan fingerprint density at radius 2 is 1.95 bits per heavy atom. The lowest BCUT2D eigenvalue weighted by atomic mass is 10.0. The molecule has 8 rings (SSSR count). The summed E-state index contributed by atoms with van der Waals surface area (Å²) in [5, 5.41) is 4.41. The Hall–Kier alpha value is -2.93. The van der Waals surface area contributed by atoms with Gasteiger partial charge in [-0.3, -0.25) is 4.90 Å². The zero-order valence-electron chi connectivity index (χ0n) is 23.8. The van der Waals surface area contributed by atoms with Gasteiger partial charge < -0.3 is 20.7 Å². The third-order valence-electron chi connectivity index (χ3n) is 8.82. The van der Waals surface area contributed by atoms with Gasteiger partial charge in [-0.2, -0.15) is 9.97 Å². The van der Waals surface area contributed by atoms with Gasteiger partial charge in [0.15, 0.2) is 10.9 Å². The number of alkyl halides is 1. The third-order valence-corrected chi connectivity index (χ3v) is 10.0. The number of rotatable bonds is 6. The lowest BCUT2D eigenvalue weighted by Crippen LogP contribution is -2.54. The van der Waals surface area contributed by atoms with Crippen molar-refractivity contribution in [2.75, 3.05) is 43.4 Å². The largest absolute Gasteiger partial charge is 0.459 e. The molecule has 8 nitrogen and oxygen atoms in total. The fourth-order valence-corrected chi connectivity index (χ4v) is 7.77. The Balaban J connectivity index is 1.34. The molecule has 228 valence electrons. The van der Waals surface area contributed by atoms with E-state index in [1.807, 2.05) is 6.92 Å². The SMILES string of the molecule is C[C@@H](CN1CCC(F)CC1)Oc1nc(N2CC3CCCC2CN3)c2cc(Cl)c(-c3ccc(F)c4sc(N)nc34)c(F)c2n1. The Morgan fingerprint density at radius 3 is 2.77 bits per heavy atom. The zero-order valence-corrected chi connectivity index (χ0v) is 25.3. The van der Waals surface area contributed by atoms with Crippen LogP contribution in [0, 0.1) is 11.6 Å². The van der Waals surface area contributed by atoms with Gasteiger partial charge in [0.2, 0.25) is 0 Å². The Labute approximate surface area is 256 Å². The predicted octanol–water partition coefficient (Wildman–Crippen LogP) is 5.95. The topological polar surface area (TPSA) is 92.4 Å². The van der Waals surface area contributed by atoms with Crippen molar-refractivity contribution in [3.8, 4) is 17.1 Å². The first-order valence-corrected chi connectivity index (χ1v) is 16.0. The fourth-order valence-electron chi connectivity index (χ4n) is 6.71. The molecule has 43 heavy (non-hydrogen) atoms. The van der Waals surface area contributed by atoms with Crippen molar-refractivity contribution in [3.63, 3.8) is 0 Å². The predicted molar refractivity (Wildman–Crippen MR) is 165 cm³/mol. The number of benzene rings is 2. The molecule has 4 aliphatic heterocycles. The summed E-state index contributed by atoms with van der Waals surface area (Å²) in [6.45, 7) is 5.34. The van der Waals surface area contributed by atoms with Gasteiger partial charge in [-0.05, 0) is 57.2 Å². The Bertz CT molecular complexity index is 1680. The molecule has 2 aromatic heterocycles. The van der Waals surface area contributed by atoms with Crippen LogP contribution in [0.25, 0.3) is 32.2 Å². The van der Waals surface area contributed by atoms with Crippen LogP contribution in [0.3, 0.4) is 0 Å². The van der Waals surface area contributed by atoms with Gasteiger partial charge in [0, 0.05) is 61.3 Å². The molecular formula is C30H33ClF3N7OS. The highest BCUT2D eigenvalue weighted by Crippen LogP contribution is 2.43. The number of aromatic nitrogens is 3. The van der Waals surface area contributed by atoms with E-state index in [2.05, 4.69) is 25.1 Å². The molecule has 0 amide bonds. The number of anilines is 2. The van der Waals surface area contributed by atoms with Gasteiger partial charge in [-0.15, -0.1) is 0 Å². The average Bonchev–Trinajstić information content (AvgIpc) is 3.12. The molecule has 4 fully saturated rings. The summed E-state index contributed by atoms with van der Waals surface area (Å²) in [6.07, 6.45) is 3.07. The van der Waals surface area contributed by atoms with Crippen LogP contribution in [0.1, 0.15) is 39.0 Å².